The lowest BCUT2D eigenvalue weighted by Crippen LogP contribution is -2.15. The molecule has 1 aliphatic rings. The molecule has 0 spiro atoms. The Labute approximate surface area is 116 Å². The van der Waals surface area contributed by atoms with Gasteiger partial charge in [0.15, 0.2) is 0 Å². The smallest absolute Gasteiger partial charge is 0.119 e. The minimum atomic E-state index is -0.358. The van der Waals surface area contributed by atoms with Crippen LogP contribution in [0.5, 0.6) is 5.75 Å². The first-order valence-electron chi connectivity index (χ1n) is 7.70. The molecule has 1 atom stereocenters. The summed E-state index contributed by atoms with van der Waals surface area (Å²) in [5.41, 5.74) is 0.975. The highest BCUT2D eigenvalue weighted by atomic mass is 16.5. The first-order chi connectivity index (χ1) is 9.29. The third kappa shape index (κ3) is 4.54. The molecule has 0 saturated heterocycles. The fraction of sp³-hybridized carbons (Fsp3) is 0.647. The van der Waals surface area contributed by atoms with E-state index >= 15 is 0 Å². The van der Waals surface area contributed by atoms with Gasteiger partial charge in [0.1, 0.15) is 5.75 Å². The summed E-state index contributed by atoms with van der Waals surface area (Å²) in [6.45, 7) is 2.92. The van der Waals surface area contributed by atoms with Crippen LogP contribution in [0.25, 0.3) is 0 Å². The maximum Gasteiger partial charge on any atom is 0.119 e. The van der Waals surface area contributed by atoms with Crippen LogP contribution in [-0.2, 0) is 0 Å². The summed E-state index contributed by atoms with van der Waals surface area (Å²) in [6, 6.07) is 7.94. The van der Waals surface area contributed by atoms with Gasteiger partial charge in [0.2, 0.25) is 0 Å². The van der Waals surface area contributed by atoms with E-state index in [1.807, 2.05) is 24.3 Å². The van der Waals surface area contributed by atoms with Crippen molar-refractivity contribution in [2.45, 2.75) is 58.0 Å². The average molecular weight is 262 g/mol. The molecule has 19 heavy (non-hydrogen) atoms. The average Bonchev–Trinajstić information content (AvgIpc) is 2.47. The van der Waals surface area contributed by atoms with Gasteiger partial charge in [-0.3, -0.25) is 0 Å². The predicted molar refractivity (Wildman–Crippen MR) is 78.4 cm³/mol. The maximum atomic E-state index is 10.0. The van der Waals surface area contributed by atoms with Crippen LogP contribution in [0.1, 0.15) is 63.5 Å². The van der Waals surface area contributed by atoms with Crippen LogP contribution in [0.3, 0.4) is 0 Å². The van der Waals surface area contributed by atoms with Gasteiger partial charge in [-0.05, 0) is 42.9 Å². The molecular formula is C17H26O2. The summed E-state index contributed by atoms with van der Waals surface area (Å²) in [4.78, 5) is 0. The van der Waals surface area contributed by atoms with Crippen molar-refractivity contribution in [2.75, 3.05) is 6.61 Å². The molecule has 0 bridgehead atoms. The number of aliphatic hydroxyl groups excluding tert-OH is 1. The van der Waals surface area contributed by atoms with Gasteiger partial charge in [-0.1, -0.05) is 44.7 Å². The number of benzene rings is 1. The standard InChI is InChI=1S/C17H26O2/c1-2-7-17(18)15-10-6-11-16(12-15)19-13-14-8-4-3-5-9-14/h6,10-12,14,17-18H,2-5,7-9,13H2,1H3/t17-/m0/s1. The van der Waals surface area contributed by atoms with Crippen LogP contribution in [0.2, 0.25) is 0 Å². The van der Waals surface area contributed by atoms with Gasteiger partial charge < -0.3 is 9.84 Å². The highest BCUT2D eigenvalue weighted by Gasteiger charge is 2.14. The molecule has 0 unspecified atom stereocenters. The van der Waals surface area contributed by atoms with Gasteiger partial charge in [-0.15, -0.1) is 0 Å². The third-order valence-electron chi connectivity index (χ3n) is 4.02. The summed E-state index contributed by atoms with van der Waals surface area (Å²) in [5.74, 6) is 1.62. The number of hydrogen-bond donors (Lipinski definition) is 1. The Morgan fingerprint density at radius 1 is 1.26 bits per heavy atom. The molecule has 1 aromatic rings. The quantitative estimate of drug-likeness (QED) is 0.819. The normalized spacial score (nSPS) is 18.2. The molecule has 2 rings (SSSR count). The van der Waals surface area contributed by atoms with Crippen molar-refractivity contribution in [3.63, 3.8) is 0 Å². The van der Waals surface area contributed by atoms with Crippen molar-refractivity contribution in [1.29, 1.82) is 0 Å². The fourth-order valence-electron chi connectivity index (χ4n) is 2.82. The van der Waals surface area contributed by atoms with E-state index < -0.39 is 0 Å². The molecule has 1 aromatic carbocycles. The van der Waals surface area contributed by atoms with Crippen LogP contribution in [0.15, 0.2) is 24.3 Å². The van der Waals surface area contributed by atoms with Gasteiger partial charge in [0, 0.05) is 0 Å². The summed E-state index contributed by atoms with van der Waals surface area (Å²) >= 11 is 0. The van der Waals surface area contributed by atoms with Crippen LogP contribution in [-0.4, -0.2) is 11.7 Å². The molecule has 1 saturated carbocycles. The zero-order chi connectivity index (χ0) is 13.5. The van der Waals surface area contributed by atoms with E-state index in [2.05, 4.69) is 6.92 Å². The Morgan fingerprint density at radius 2 is 2.05 bits per heavy atom. The number of hydrogen-bond acceptors (Lipinski definition) is 2. The summed E-state index contributed by atoms with van der Waals surface area (Å²) < 4.78 is 5.90. The number of ether oxygens (including phenoxy) is 1. The summed E-state index contributed by atoms with van der Waals surface area (Å²) in [5, 5.41) is 10.0. The van der Waals surface area contributed by atoms with Crippen molar-refractivity contribution < 1.29 is 9.84 Å². The molecule has 0 aromatic heterocycles. The van der Waals surface area contributed by atoms with Gasteiger partial charge in [0.05, 0.1) is 12.7 Å². The third-order valence-corrected chi connectivity index (χ3v) is 4.02. The van der Waals surface area contributed by atoms with Crippen LogP contribution < -0.4 is 4.74 Å². The van der Waals surface area contributed by atoms with E-state index in [0.717, 1.165) is 36.7 Å². The van der Waals surface area contributed by atoms with Crippen LogP contribution in [0.4, 0.5) is 0 Å². The lowest BCUT2D eigenvalue weighted by atomic mass is 9.90. The molecule has 0 amide bonds. The van der Waals surface area contributed by atoms with Crippen LogP contribution >= 0.6 is 0 Å². The van der Waals surface area contributed by atoms with Crippen LogP contribution in [0, 0.1) is 5.92 Å². The van der Waals surface area contributed by atoms with Gasteiger partial charge in [0.25, 0.3) is 0 Å². The molecule has 1 N–H and O–H groups in total. The Kier molecular flexibility index (Phi) is 5.71. The van der Waals surface area contributed by atoms with Gasteiger partial charge >= 0.3 is 0 Å². The fourth-order valence-corrected chi connectivity index (χ4v) is 2.82. The molecule has 0 aliphatic heterocycles. The second-order valence-electron chi connectivity index (χ2n) is 5.69. The molecule has 1 fully saturated rings. The van der Waals surface area contributed by atoms with Crippen molar-refractivity contribution in [3.05, 3.63) is 29.8 Å². The Morgan fingerprint density at radius 3 is 2.79 bits per heavy atom. The summed E-state index contributed by atoms with van der Waals surface area (Å²) in [6.07, 6.45) is 8.14. The molecule has 2 nitrogen and oxygen atoms in total. The van der Waals surface area contributed by atoms with Crippen molar-refractivity contribution in [3.8, 4) is 5.75 Å². The maximum absolute atomic E-state index is 10.0. The van der Waals surface area contributed by atoms with E-state index in [-0.39, 0.29) is 6.10 Å². The van der Waals surface area contributed by atoms with E-state index in [9.17, 15) is 5.11 Å². The van der Waals surface area contributed by atoms with Crippen molar-refractivity contribution in [2.24, 2.45) is 5.92 Å². The van der Waals surface area contributed by atoms with Gasteiger partial charge in [-0.25, -0.2) is 0 Å². The zero-order valence-electron chi connectivity index (χ0n) is 12.0. The van der Waals surface area contributed by atoms with Gasteiger partial charge in [-0.2, -0.15) is 0 Å². The monoisotopic (exact) mass is 262 g/mol. The first-order valence-corrected chi connectivity index (χ1v) is 7.70. The first kappa shape index (κ1) is 14.4. The van der Waals surface area contributed by atoms with E-state index in [1.54, 1.807) is 0 Å². The Balaban J connectivity index is 1.87. The summed E-state index contributed by atoms with van der Waals surface area (Å²) in [7, 11) is 0. The second-order valence-corrected chi connectivity index (χ2v) is 5.69. The van der Waals surface area contributed by atoms with Crippen molar-refractivity contribution >= 4 is 0 Å². The molecule has 106 valence electrons. The van der Waals surface area contributed by atoms with E-state index in [0.29, 0.717) is 0 Å². The molecular weight excluding hydrogens is 236 g/mol. The SMILES string of the molecule is CCC[C@H](O)c1cccc(OCC2CCCCC2)c1. The molecule has 2 heteroatoms. The lowest BCUT2D eigenvalue weighted by molar-refractivity contribution is 0.165. The zero-order valence-corrected chi connectivity index (χ0v) is 12.0. The second kappa shape index (κ2) is 7.54. The minimum absolute atomic E-state index is 0.358. The minimum Gasteiger partial charge on any atom is -0.493 e. The predicted octanol–water partition coefficient (Wildman–Crippen LogP) is 4.48. The lowest BCUT2D eigenvalue weighted by Gasteiger charge is -2.22. The number of aliphatic hydroxyl groups is 1. The number of rotatable bonds is 6. The molecule has 1 aliphatic carbocycles. The molecule has 0 radical (unpaired) electrons. The van der Waals surface area contributed by atoms with E-state index in [1.165, 1.54) is 32.1 Å². The van der Waals surface area contributed by atoms with E-state index in [4.69, 9.17) is 4.74 Å². The highest BCUT2D eigenvalue weighted by Crippen LogP contribution is 2.26. The van der Waals surface area contributed by atoms with Crippen molar-refractivity contribution in [1.82, 2.24) is 0 Å². The molecule has 0 heterocycles. The highest BCUT2D eigenvalue weighted by molar-refractivity contribution is 5.29. The Hall–Kier alpha value is -1.02. The topological polar surface area (TPSA) is 29.5 Å². The largest absolute Gasteiger partial charge is 0.493 e. The Bertz CT molecular complexity index is 369.